The van der Waals surface area contributed by atoms with Crippen LogP contribution >= 0.6 is 0 Å². The molecule has 1 aliphatic carbocycles. The molecule has 22 heavy (non-hydrogen) atoms. The average molecular weight is 290 g/mol. The summed E-state index contributed by atoms with van der Waals surface area (Å²) in [5.74, 6) is -0.431. The van der Waals surface area contributed by atoms with Gasteiger partial charge in [-0.2, -0.15) is 0 Å². The summed E-state index contributed by atoms with van der Waals surface area (Å²) in [6.45, 7) is 0. The highest BCUT2D eigenvalue weighted by molar-refractivity contribution is 5.87. The Morgan fingerprint density at radius 2 is 1.95 bits per heavy atom. The first-order valence-corrected chi connectivity index (χ1v) is 7.57. The Hall–Kier alpha value is -2.55. The summed E-state index contributed by atoms with van der Waals surface area (Å²) in [4.78, 5) is 11.1. The van der Waals surface area contributed by atoms with E-state index >= 15 is 0 Å². The monoisotopic (exact) mass is 290 g/mol. The van der Waals surface area contributed by atoms with Crippen molar-refractivity contribution >= 4 is 11.7 Å². The van der Waals surface area contributed by atoms with Gasteiger partial charge >= 0.3 is 0 Å². The third-order valence-electron chi connectivity index (χ3n) is 4.76. The normalized spacial score (nSPS) is 25.2. The van der Waals surface area contributed by atoms with Crippen LogP contribution in [0, 0.1) is 5.92 Å². The molecule has 0 unspecified atom stereocenters. The van der Waals surface area contributed by atoms with Gasteiger partial charge in [-0.25, -0.2) is 0 Å². The zero-order valence-electron chi connectivity index (χ0n) is 12.0. The van der Waals surface area contributed by atoms with Gasteiger partial charge in [-0.15, -0.1) is 0 Å². The van der Waals surface area contributed by atoms with Crippen molar-refractivity contribution in [3.05, 3.63) is 77.4 Å². The van der Waals surface area contributed by atoms with E-state index in [-0.39, 0.29) is 17.5 Å². The largest absolute Gasteiger partial charge is 0.545 e. The molecule has 3 atom stereocenters. The van der Waals surface area contributed by atoms with Gasteiger partial charge in [0.05, 0.1) is 12.0 Å². The summed E-state index contributed by atoms with van der Waals surface area (Å²) in [7, 11) is 0. The van der Waals surface area contributed by atoms with E-state index in [1.165, 1.54) is 5.56 Å². The first-order chi connectivity index (χ1) is 10.7. The molecule has 0 aromatic heterocycles. The van der Waals surface area contributed by atoms with E-state index in [1.807, 2.05) is 12.1 Å². The molecule has 110 valence electrons. The van der Waals surface area contributed by atoms with Crippen molar-refractivity contribution in [1.29, 1.82) is 0 Å². The smallest absolute Gasteiger partial charge is 0.0715 e. The summed E-state index contributed by atoms with van der Waals surface area (Å²) in [5.41, 5.74) is 3.60. The molecule has 3 heteroatoms. The predicted molar refractivity (Wildman–Crippen MR) is 83.6 cm³/mol. The summed E-state index contributed by atoms with van der Waals surface area (Å²) >= 11 is 0. The lowest BCUT2D eigenvalue weighted by Gasteiger charge is -2.37. The molecule has 4 rings (SSSR count). The van der Waals surface area contributed by atoms with E-state index in [0.717, 1.165) is 17.7 Å². The number of benzene rings is 2. The molecule has 0 radical (unpaired) electrons. The Balaban J connectivity index is 1.79. The van der Waals surface area contributed by atoms with E-state index in [0.29, 0.717) is 5.92 Å². The van der Waals surface area contributed by atoms with Crippen LogP contribution in [0.3, 0.4) is 0 Å². The standard InChI is InChI=1S/C19H17NO2/c21-19(22)13-9-10-17-16(11-13)14-7-4-8-15(14)18(20-17)12-5-2-1-3-6-12/h1-7,9-11,14-15,18,20H,8H2,(H,21,22)/p-1/t14-,15-,18-/m0/s1. The topological polar surface area (TPSA) is 52.2 Å². The Kier molecular flexibility index (Phi) is 3.00. The predicted octanol–water partition coefficient (Wildman–Crippen LogP) is 2.88. The third kappa shape index (κ3) is 2.01. The molecule has 0 saturated carbocycles. The lowest BCUT2D eigenvalue weighted by atomic mass is 9.76. The molecule has 1 heterocycles. The average Bonchev–Trinajstić information content (AvgIpc) is 3.04. The van der Waals surface area contributed by atoms with E-state index < -0.39 is 5.97 Å². The minimum Gasteiger partial charge on any atom is -0.545 e. The molecule has 2 aromatic carbocycles. The number of carboxylic acids is 1. The molecule has 3 nitrogen and oxygen atoms in total. The van der Waals surface area contributed by atoms with Crippen molar-refractivity contribution < 1.29 is 9.90 Å². The molecule has 1 N–H and O–H groups in total. The Labute approximate surface area is 129 Å². The number of carbonyl (C=O) groups excluding carboxylic acids is 1. The van der Waals surface area contributed by atoms with Crippen LogP contribution in [0.2, 0.25) is 0 Å². The van der Waals surface area contributed by atoms with Gasteiger partial charge in [0.25, 0.3) is 0 Å². The second-order valence-electron chi connectivity index (χ2n) is 5.98. The van der Waals surface area contributed by atoms with E-state index in [4.69, 9.17) is 0 Å². The lowest BCUT2D eigenvalue weighted by molar-refractivity contribution is -0.255. The van der Waals surface area contributed by atoms with Gasteiger partial charge < -0.3 is 15.2 Å². The highest BCUT2D eigenvalue weighted by Crippen LogP contribution is 2.49. The van der Waals surface area contributed by atoms with Crippen LogP contribution in [0.4, 0.5) is 5.69 Å². The summed E-state index contributed by atoms with van der Waals surface area (Å²) in [6, 6.07) is 15.9. The zero-order chi connectivity index (χ0) is 15.1. The molecular weight excluding hydrogens is 274 g/mol. The second kappa shape index (κ2) is 5.02. The molecule has 1 aliphatic heterocycles. The van der Waals surface area contributed by atoms with Gasteiger partial charge in [-0.1, -0.05) is 48.6 Å². The van der Waals surface area contributed by atoms with Gasteiger partial charge in [-0.3, -0.25) is 0 Å². The maximum absolute atomic E-state index is 11.1. The quantitative estimate of drug-likeness (QED) is 0.865. The number of carbonyl (C=O) groups is 1. The number of hydrogen-bond donors (Lipinski definition) is 1. The summed E-state index contributed by atoms with van der Waals surface area (Å²) in [5, 5.41) is 14.7. The van der Waals surface area contributed by atoms with Gasteiger partial charge in [0.1, 0.15) is 0 Å². The molecule has 0 spiro atoms. The Morgan fingerprint density at radius 3 is 2.73 bits per heavy atom. The number of allylic oxidation sites excluding steroid dienone is 2. The molecule has 0 amide bonds. The van der Waals surface area contributed by atoms with Crippen molar-refractivity contribution in [2.45, 2.75) is 18.4 Å². The number of anilines is 1. The van der Waals surface area contributed by atoms with Crippen LogP contribution in [-0.4, -0.2) is 5.97 Å². The summed E-state index contributed by atoms with van der Waals surface area (Å²) in [6.07, 6.45) is 5.42. The molecular formula is C19H16NO2-. The first-order valence-electron chi connectivity index (χ1n) is 7.57. The minimum absolute atomic E-state index is 0.248. The van der Waals surface area contributed by atoms with E-state index in [9.17, 15) is 9.90 Å². The van der Waals surface area contributed by atoms with Crippen LogP contribution in [0.5, 0.6) is 0 Å². The summed E-state index contributed by atoms with van der Waals surface area (Å²) < 4.78 is 0. The molecule has 0 saturated heterocycles. The van der Waals surface area contributed by atoms with Crippen LogP contribution in [0.25, 0.3) is 0 Å². The first kappa shape index (κ1) is 13.1. The van der Waals surface area contributed by atoms with Crippen molar-refractivity contribution in [3.8, 4) is 0 Å². The lowest BCUT2D eigenvalue weighted by Crippen LogP contribution is -2.30. The zero-order valence-corrected chi connectivity index (χ0v) is 12.0. The van der Waals surface area contributed by atoms with Crippen molar-refractivity contribution in [1.82, 2.24) is 0 Å². The van der Waals surface area contributed by atoms with Crippen molar-refractivity contribution in [2.75, 3.05) is 5.32 Å². The fraction of sp³-hybridized carbons (Fsp3) is 0.211. The van der Waals surface area contributed by atoms with Gasteiger partial charge in [0.15, 0.2) is 0 Å². The Bertz CT molecular complexity index is 751. The van der Waals surface area contributed by atoms with E-state index in [1.54, 1.807) is 12.1 Å². The molecule has 2 aliphatic rings. The number of carboxylic acid groups (broad SMARTS) is 1. The van der Waals surface area contributed by atoms with Crippen molar-refractivity contribution in [2.24, 2.45) is 5.92 Å². The number of aromatic carboxylic acids is 1. The highest BCUT2D eigenvalue weighted by atomic mass is 16.4. The fourth-order valence-electron chi connectivity index (χ4n) is 3.71. The second-order valence-corrected chi connectivity index (χ2v) is 5.98. The van der Waals surface area contributed by atoms with Gasteiger partial charge in [0, 0.05) is 11.6 Å². The maximum Gasteiger partial charge on any atom is 0.0715 e. The minimum atomic E-state index is -1.12. The fourth-order valence-corrected chi connectivity index (χ4v) is 3.71. The van der Waals surface area contributed by atoms with Gasteiger partial charge in [-0.05, 0) is 41.2 Å². The third-order valence-corrected chi connectivity index (χ3v) is 4.76. The number of rotatable bonds is 2. The maximum atomic E-state index is 11.1. The van der Waals surface area contributed by atoms with Crippen molar-refractivity contribution in [3.63, 3.8) is 0 Å². The van der Waals surface area contributed by atoms with Crippen LogP contribution in [0.15, 0.2) is 60.7 Å². The molecule has 0 fully saturated rings. The van der Waals surface area contributed by atoms with Crippen LogP contribution < -0.4 is 10.4 Å². The Morgan fingerprint density at radius 1 is 1.14 bits per heavy atom. The van der Waals surface area contributed by atoms with Gasteiger partial charge in [0.2, 0.25) is 0 Å². The van der Waals surface area contributed by atoms with Crippen LogP contribution in [-0.2, 0) is 0 Å². The number of nitrogens with one attached hydrogen (secondary N) is 1. The number of hydrogen-bond acceptors (Lipinski definition) is 3. The molecule has 2 aromatic rings. The highest BCUT2D eigenvalue weighted by Gasteiger charge is 2.37. The van der Waals surface area contributed by atoms with Crippen LogP contribution in [0.1, 0.15) is 39.9 Å². The number of fused-ring (bicyclic) bond motifs is 3. The SMILES string of the molecule is O=C([O-])c1ccc2c(c1)[C@H]1C=CC[C@@H]1[C@H](c1ccccc1)N2. The van der Waals surface area contributed by atoms with E-state index in [2.05, 4.69) is 41.7 Å². The molecule has 0 bridgehead atoms.